The topological polar surface area (TPSA) is 46.5 Å². The molecule has 3 nitrogen and oxygen atoms in total. The molecule has 0 aromatic heterocycles. The molecule has 0 spiro atoms. The summed E-state index contributed by atoms with van der Waals surface area (Å²) in [6.07, 6.45) is 6.73. The highest BCUT2D eigenvalue weighted by Gasteiger charge is 2.35. The molecular weight excluding hydrogens is 252 g/mol. The van der Waals surface area contributed by atoms with Crippen molar-refractivity contribution in [1.29, 1.82) is 0 Å². The highest BCUT2D eigenvalue weighted by molar-refractivity contribution is 5.67. The minimum atomic E-state index is -0.655. The third kappa shape index (κ3) is 3.53. The van der Waals surface area contributed by atoms with E-state index in [1.54, 1.807) is 7.11 Å². The summed E-state index contributed by atoms with van der Waals surface area (Å²) in [6.45, 7) is 2.05. The number of rotatable bonds is 6. The highest BCUT2D eigenvalue weighted by Crippen LogP contribution is 2.44. The van der Waals surface area contributed by atoms with Crippen molar-refractivity contribution >= 4 is 5.97 Å². The Labute approximate surface area is 121 Å². The Morgan fingerprint density at radius 2 is 2.05 bits per heavy atom. The molecule has 0 atom stereocenters. The number of methoxy groups -OCH3 is 1. The third-order valence-electron chi connectivity index (χ3n) is 4.59. The predicted octanol–water partition coefficient (Wildman–Crippen LogP) is 3.97. The highest BCUT2D eigenvalue weighted by atomic mass is 16.5. The van der Waals surface area contributed by atoms with E-state index in [0.717, 1.165) is 37.0 Å². The van der Waals surface area contributed by atoms with Crippen molar-refractivity contribution in [2.45, 2.75) is 51.9 Å². The first-order valence-electron chi connectivity index (χ1n) is 7.40. The number of carboxylic acid groups (broad SMARTS) is 1. The minimum Gasteiger partial charge on any atom is -0.496 e. The van der Waals surface area contributed by atoms with Gasteiger partial charge in [-0.25, -0.2) is 0 Å². The van der Waals surface area contributed by atoms with Crippen LogP contribution >= 0.6 is 0 Å². The zero-order chi connectivity index (χ0) is 14.6. The molecule has 1 N–H and O–H groups in total. The molecule has 2 rings (SSSR count). The summed E-state index contributed by atoms with van der Waals surface area (Å²) >= 11 is 0. The number of hydrogen-bond donors (Lipinski definition) is 1. The van der Waals surface area contributed by atoms with E-state index in [0.29, 0.717) is 6.42 Å². The van der Waals surface area contributed by atoms with Gasteiger partial charge in [0.2, 0.25) is 0 Å². The van der Waals surface area contributed by atoms with E-state index in [2.05, 4.69) is 12.1 Å². The van der Waals surface area contributed by atoms with Gasteiger partial charge in [0.1, 0.15) is 5.75 Å². The van der Waals surface area contributed by atoms with Crippen LogP contribution in [0.3, 0.4) is 0 Å². The van der Waals surface area contributed by atoms with Gasteiger partial charge in [0, 0.05) is 0 Å². The van der Waals surface area contributed by atoms with E-state index in [4.69, 9.17) is 9.84 Å². The van der Waals surface area contributed by atoms with Crippen LogP contribution in [0.1, 0.15) is 49.7 Å². The standard InChI is InChI=1S/C17H24O3/c1-13-11-14(5-6-15(13)20-2)7-10-17(12-16(18)19)8-3-4-9-17/h5-6,11H,3-4,7-10,12H2,1-2H3,(H,18,19). The van der Waals surface area contributed by atoms with E-state index in [1.165, 1.54) is 18.4 Å². The van der Waals surface area contributed by atoms with E-state index < -0.39 is 5.97 Å². The molecule has 1 saturated carbocycles. The molecular formula is C17H24O3. The van der Waals surface area contributed by atoms with Crippen LogP contribution in [-0.2, 0) is 11.2 Å². The Hall–Kier alpha value is -1.51. The molecule has 0 heterocycles. The van der Waals surface area contributed by atoms with Gasteiger partial charge in [0.15, 0.2) is 0 Å². The van der Waals surface area contributed by atoms with Gasteiger partial charge in [-0.05, 0) is 55.2 Å². The number of hydrogen-bond acceptors (Lipinski definition) is 2. The lowest BCUT2D eigenvalue weighted by molar-refractivity contribution is -0.139. The van der Waals surface area contributed by atoms with E-state index in [1.807, 2.05) is 13.0 Å². The Bertz CT molecular complexity index is 473. The summed E-state index contributed by atoms with van der Waals surface area (Å²) in [4.78, 5) is 11.1. The second kappa shape index (κ2) is 6.29. The second-order valence-electron chi connectivity index (χ2n) is 6.08. The molecule has 1 aliphatic rings. The maximum absolute atomic E-state index is 11.1. The van der Waals surface area contributed by atoms with Crippen molar-refractivity contribution < 1.29 is 14.6 Å². The number of benzene rings is 1. The lowest BCUT2D eigenvalue weighted by Gasteiger charge is -2.27. The lowest BCUT2D eigenvalue weighted by atomic mass is 9.77. The molecule has 20 heavy (non-hydrogen) atoms. The summed E-state index contributed by atoms with van der Waals surface area (Å²) in [5.41, 5.74) is 2.45. The van der Waals surface area contributed by atoms with Crippen LogP contribution in [0, 0.1) is 12.3 Å². The first kappa shape index (κ1) is 14.9. The quantitative estimate of drug-likeness (QED) is 0.855. The molecule has 0 unspecified atom stereocenters. The average Bonchev–Trinajstić information content (AvgIpc) is 2.84. The fourth-order valence-corrected chi connectivity index (χ4v) is 3.47. The molecule has 0 aliphatic heterocycles. The SMILES string of the molecule is COc1ccc(CCC2(CC(=O)O)CCCC2)cc1C. The second-order valence-corrected chi connectivity index (χ2v) is 6.08. The number of carbonyl (C=O) groups is 1. The first-order chi connectivity index (χ1) is 9.54. The van der Waals surface area contributed by atoms with E-state index in [-0.39, 0.29) is 5.41 Å². The molecule has 1 fully saturated rings. The fourth-order valence-electron chi connectivity index (χ4n) is 3.47. The molecule has 1 aromatic rings. The van der Waals surface area contributed by atoms with Gasteiger partial charge in [0.25, 0.3) is 0 Å². The van der Waals surface area contributed by atoms with Crippen LogP contribution < -0.4 is 4.74 Å². The maximum Gasteiger partial charge on any atom is 0.303 e. The van der Waals surface area contributed by atoms with E-state index >= 15 is 0 Å². The average molecular weight is 276 g/mol. The lowest BCUT2D eigenvalue weighted by Crippen LogP contribution is -2.21. The Balaban J connectivity index is 2.02. The normalized spacial score (nSPS) is 17.1. The maximum atomic E-state index is 11.1. The number of aliphatic carboxylic acids is 1. The van der Waals surface area contributed by atoms with Gasteiger partial charge in [-0.2, -0.15) is 0 Å². The summed E-state index contributed by atoms with van der Waals surface area (Å²) in [6, 6.07) is 6.25. The molecule has 3 heteroatoms. The minimum absolute atomic E-state index is 0.0274. The molecule has 110 valence electrons. The number of ether oxygens (including phenoxy) is 1. The molecule has 0 amide bonds. The smallest absolute Gasteiger partial charge is 0.303 e. The largest absolute Gasteiger partial charge is 0.496 e. The zero-order valence-corrected chi connectivity index (χ0v) is 12.4. The Morgan fingerprint density at radius 1 is 1.35 bits per heavy atom. The van der Waals surface area contributed by atoms with Gasteiger partial charge in [0.05, 0.1) is 13.5 Å². The summed E-state index contributed by atoms with van der Waals surface area (Å²) in [7, 11) is 1.68. The summed E-state index contributed by atoms with van der Waals surface area (Å²) in [5.74, 6) is 0.257. The van der Waals surface area contributed by atoms with Crippen LogP contribution in [0.25, 0.3) is 0 Å². The summed E-state index contributed by atoms with van der Waals surface area (Å²) < 4.78 is 5.27. The van der Waals surface area contributed by atoms with Crippen molar-refractivity contribution in [3.63, 3.8) is 0 Å². The predicted molar refractivity (Wildman–Crippen MR) is 79.2 cm³/mol. The third-order valence-corrected chi connectivity index (χ3v) is 4.59. The Kier molecular flexibility index (Phi) is 4.69. The van der Waals surface area contributed by atoms with Crippen LogP contribution in [0.5, 0.6) is 5.75 Å². The molecule has 1 aromatic carbocycles. The number of aryl methyl sites for hydroxylation is 2. The fraction of sp³-hybridized carbons (Fsp3) is 0.588. The van der Waals surface area contributed by atoms with Gasteiger partial charge >= 0.3 is 5.97 Å². The van der Waals surface area contributed by atoms with Gasteiger partial charge in [-0.1, -0.05) is 25.0 Å². The molecule has 0 radical (unpaired) electrons. The van der Waals surface area contributed by atoms with Crippen LogP contribution in [0.2, 0.25) is 0 Å². The van der Waals surface area contributed by atoms with Crippen LogP contribution in [0.15, 0.2) is 18.2 Å². The van der Waals surface area contributed by atoms with Gasteiger partial charge in [-0.15, -0.1) is 0 Å². The van der Waals surface area contributed by atoms with Crippen LogP contribution in [0.4, 0.5) is 0 Å². The zero-order valence-electron chi connectivity index (χ0n) is 12.4. The molecule has 0 saturated heterocycles. The first-order valence-corrected chi connectivity index (χ1v) is 7.40. The van der Waals surface area contributed by atoms with Crippen molar-refractivity contribution in [3.8, 4) is 5.75 Å². The van der Waals surface area contributed by atoms with Crippen molar-refractivity contribution in [1.82, 2.24) is 0 Å². The van der Waals surface area contributed by atoms with Gasteiger partial charge in [-0.3, -0.25) is 4.79 Å². The van der Waals surface area contributed by atoms with Crippen LogP contribution in [-0.4, -0.2) is 18.2 Å². The van der Waals surface area contributed by atoms with Crippen molar-refractivity contribution in [3.05, 3.63) is 29.3 Å². The Morgan fingerprint density at radius 3 is 2.60 bits per heavy atom. The molecule has 1 aliphatic carbocycles. The van der Waals surface area contributed by atoms with Crippen molar-refractivity contribution in [2.24, 2.45) is 5.41 Å². The van der Waals surface area contributed by atoms with E-state index in [9.17, 15) is 4.79 Å². The van der Waals surface area contributed by atoms with Crippen molar-refractivity contribution in [2.75, 3.05) is 7.11 Å². The summed E-state index contributed by atoms with van der Waals surface area (Å²) in [5, 5.41) is 9.13. The number of carboxylic acids is 1. The monoisotopic (exact) mass is 276 g/mol. The van der Waals surface area contributed by atoms with Gasteiger partial charge < -0.3 is 9.84 Å². The molecule has 0 bridgehead atoms.